The molecule has 0 saturated carbocycles. The van der Waals surface area contributed by atoms with Crippen LogP contribution in [-0.4, -0.2) is 47.9 Å². The van der Waals surface area contributed by atoms with Crippen molar-refractivity contribution >= 4 is 17.3 Å². The molecular formula is C12H16ClN3O2. The summed E-state index contributed by atoms with van der Waals surface area (Å²) in [4.78, 5) is 14.9. The third kappa shape index (κ3) is 3.19. The van der Waals surface area contributed by atoms with Gasteiger partial charge in [0.15, 0.2) is 0 Å². The van der Waals surface area contributed by atoms with Gasteiger partial charge in [0.1, 0.15) is 0 Å². The first-order chi connectivity index (χ1) is 8.56. The van der Waals surface area contributed by atoms with Gasteiger partial charge in [0, 0.05) is 49.9 Å². The second kappa shape index (κ2) is 5.65. The molecule has 18 heavy (non-hydrogen) atoms. The Hall–Kier alpha value is -1.17. The maximum Gasteiger partial charge on any atom is 0.269 e. The van der Waals surface area contributed by atoms with Crippen LogP contribution in [0.2, 0.25) is 5.02 Å². The number of hydrogen-bond acceptors (Lipinski definition) is 4. The van der Waals surface area contributed by atoms with Gasteiger partial charge in [0.25, 0.3) is 5.69 Å². The van der Waals surface area contributed by atoms with Crippen LogP contribution in [0.1, 0.15) is 5.56 Å². The van der Waals surface area contributed by atoms with Gasteiger partial charge >= 0.3 is 0 Å². The number of halogens is 1. The summed E-state index contributed by atoms with van der Waals surface area (Å²) in [6.45, 7) is 4.65. The fraction of sp³-hybridized carbons (Fsp3) is 0.500. The van der Waals surface area contributed by atoms with Crippen molar-refractivity contribution in [1.82, 2.24) is 9.80 Å². The number of piperazine rings is 1. The highest BCUT2D eigenvalue weighted by molar-refractivity contribution is 6.31. The van der Waals surface area contributed by atoms with E-state index in [1.54, 1.807) is 12.1 Å². The molecule has 0 atom stereocenters. The van der Waals surface area contributed by atoms with Crippen molar-refractivity contribution in [3.8, 4) is 0 Å². The molecule has 1 aliphatic heterocycles. The molecule has 0 N–H and O–H groups in total. The highest BCUT2D eigenvalue weighted by Gasteiger charge is 2.16. The lowest BCUT2D eigenvalue weighted by Crippen LogP contribution is -2.43. The summed E-state index contributed by atoms with van der Waals surface area (Å²) in [6.07, 6.45) is 0. The molecule has 5 nitrogen and oxygen atoms in total. The van der Waals surface area contributed by atoms with Gasteiger partial charge in [-0.1, -0.05) is 11.6 Å². The number of rotatable bonds is 3. The first-order valence-corrected chi connectivity index (χ1v) is 6.28. The zero-order valence-corrected chi connectivity index (χ0v) is 11.1. The van der Waals surface area contributed by atoms with E-state index in [1.807, 2.05) is 0 Å². The van der Waals surface area contributed by atoms with E-state index < -0.39 is 0 Å². The largest absolute Gasteiger partial charge is 0.304 e. The van der Waals surface area contributed by atoms with E-state index in [0.717, 1.165) is 31.7 Å². The molecule has 0 bridgehead atoms. The first-order valence-electron chi connectivity index (χ1n) is 5.90. The number of hydrogen-bond donors (Lipinski definition) is 0. The van der Waals surface area contributed by atoms with Crippen molar-refractivity contribution in [2.24, 2.45) is 0 Å². The SMILES string of the molecule is CN1CCN(Cc2cc([N+](=O)[O-])ccc2Cl)CC1. The fourth-order valence-corrected chi connectivity index (χ4v) is 2.22. The van der Waals surface area contributed by atoms with Crippen LogP contribution in [0.25, 0.3) is 0 Å². The molecule has 0 unspecified atom stereocenters. The average Bonchev–Trinajstić information content (AvgIpc) is 2.34. The summed E-state index contributed by atoms with van der Waals surface area (Å²) in [5, 5.41) is 11.3. The molecule has 98 valence electrons. The molecular weight excluding hydrogens is 254 g/mol. The molecule has 1 aromatic rings. The monoisotopic (exact) mass is 269 g/mol. The number of nitro groups is 1. The van der Waals surface area contributed by atoms with E-state index >= 15 is 0 Å². The molecule has 1 saturated heterocycles. The molecule has 6 heteroatoms. The number of benzene rings is 1. The van der Waals surface area contributed by atoms with E-state index in [1.165, 1.54) is 6.07 Å². The Morgan fingerprint density at radius 2 is 2.00 bits per heavy atom. The predicted molar refractivity (Wildman–Crippen MR) is 70.9 cm³/mol. The average molecular weight is 270 g/mol. The minimum Gasteiger partial charge on any atom is -0.304 e. The second-order valence-corrected chi connectivity index (χ2v) is 5.02. The van der Waals surface area contributed by atoms with E-state index in [2.05, 4.69) is 16.8 Å². The summed E-state index contributed by atoms with van der Waals surface area (Å²) >= 11 is 6.09. The molecule has 1 fully saturated rings. The highest BCUT2D eigenvalue weighted by Crippen LogP contribution is 2.23. The zero-order valence-electron chi connectivity index (χ0n) is 10.3. The van der Waals surface area contributed by atoms with Gasteiger partial charge in [-0.2, -0.15) is 0 Å². The van der Waals surface area contributed by atoms with Crippen molar-refractivity contribution in [2.75, 3.05) is 33.2 Å². The van der Waals surface area contributed by atoms with Crippen LogP contribution in [0.4, 0.5) is 5.69 Å². The lowest BCUT2D eigenvalue weighted by atomic mass is 10.1. The Morgan fingerprint density at radius 3 is 2.61 bits per heavy atom. The third-order valence-electron chi connectivity index (χ3n) is 3.23. The molecule has 0 spiro atoms. The smallest absolute Gasteiger partial charge is 0.269 e. The Balaban J connectivity index is 2.08. The number of nitro benzene ring substituents is 1. The highest BCUT2D eigenvalue weighted by atomic mass is 35.5. The van der Waals surface area contributed by atoms with E-state index in [0.29, 0.717) is 11.6 Å². The van der Waals surface area contributed by atoms with Gasteiger partial charge in [0.05, 0.1) is 4.92 Å². The van der Waals surface area contributed by atoms with E-state index in [9.17, 15) is 10.1 Å². The first kappa shape index (κ1) is 13.3. The van der Waals surface area contributed by atoms with Crippen molar-refractivity contribution in [3.05, 3.63) is 38.9 Å². The molecule has 1 aromatic carbocycles. The van der Waals surface area contributed by atoms with Crippen molar-refractivity contribution < 1.29 is 4.92 Å². The fourth-order valence-electron chi connectivity index (χ4n) is 2.04. The van der Waals surface area contributed by atoms with Crippen molar-refractivity contribution in [2.45, 2.75) is 6.54 Å². The van der Waals surface area contributed by atoms with Gasteiger partial charge in [-0.15, -0.1) is 0 Å². The van der Waals surface area contributed by atoms with Crippen LogP contribution < -0.4 is 0 Å². The van der Waals surface area contributed by atoms with Gasteiger partial charge in [-0.3, -0.25) is 15.0 Å². The van der Waals surface area contributed by atoms with Crippen LogP contribution in [0, 0.1) is 10.1 Å². The molecule has 1 aliphatic rings. The molecule has 2 rings (SSSR count). The van der Waals surface area contributed by atoms with Gasteiger partial charge < -0.3 is 4.90 Å². The molecule has 0 radical (unpaired) electrons. The molecule has 0 aliphatic carbocycles. The lowest BCUT2D eigenvalue weighted by molar-refractivity contribution is -0.384. The van der Waals surface area contributed by atoms with Crippen LogP contribution in [0.5, 0.6) is 0 Å². The van der Waals surface area contributed by atoms with Gasteiger partial charge in [0.2, 0.25) is 0 Å². The van der Waals surface area contributed by atoms with E-state index in [4.69, 9.17) is 11.6 Å². The minimum absolute atomic E-state index is 0.100. The Bertz CT molecular complexity index is 445. The predicted octanol–water partition coefficient (Wildman–Crippen LogP) is 2.00. The Labute approximate surface area is 111 Å². The summed E-state index contributed by atoms with van der Waals surface area (Å²) in [7, 11) is 2.09. The van der Waals surface area contributed by atoms with Gasteiger partial charge in [-0.05, 0) is 18.7 Å². The third-order valence-corrected chi connectivity index (χ3v) is 3.60. The lowest BCUT2D eigenvalue weighted by Gasteiger charge is -2.32. The van der Waals surface area contributed by atoms with Crippen molar-refractivity contribution in [3.63, 3.8) is 0 Å². The normalized spacial score (nSPS) is 17.9. The van der Waals surface area contributed by atoms with Crippen LogP contribution in [0.15, 0.2) is 18.2 Å². The van der Waals surface area contributed by atoms with Gasteiger partial charge in [-0.25, -0.2) is 0 Å². The van der Waals surface area contributed by atoms with Crippen molar-refractivity contribution in [1.29, 1.82) is 0 Å². The van der Waals surface area contributed by atoms with Crippen LogP contribution in [0.3, 0.4) is 0 Å². The maximum absolute atomic E-state index is 10.7. The topological polar surface area (TPSA) is 49.6 Å². The Kier molecular flexibility index (Phi) is 4.16. The molecule has 1 heterocycles. The van der Waals surface area contributed by atoms with E-state index in [-0.39, 0.29) is 10.6 Å². The van der Waals surface area contributed by atoms with Crippen LogP contribution in [-0.2, 0) is 6.54 Å². The van der Waals surface area contributed by atoms with Crippen LogP contribution >= 0.6 is 11.6 Å². The summed E-state index contributed by atoms with van der Waals surface area (Å²) in [6, 6.07) is 4.61. The maximum atomic E-state index is 10.7. The second-order valence-electron chi connectivity index (χ2n) is 4.61. The number of non-ortho nitro benzene ring substituents is 1. The standard InChI is InChI=1S/C12H16ClN3O2/c1-14-4-6-15(7-5-14)9-10-8-11(16(17)18)2-3-12(10)13/h2-3,8H,4-7,9H2,1H3. The quantitative estimate of drug-likeness (QED) is 0.622. The summed E-state index contributed by atoms with van der Waals surface area (Å²) in [5.41, 5.74) is 0.930. The zero-order chi connectivity index (χ0) is 13.1. The summed E-state index contributed by atoms with van der Waals surface area (Å²) < 4.78 is 0. The number of nitrogens with zero attached hydrogens (tertiary/aromatic N) is 3. The number of likely N-dealkylation sites (N-methyl/N-ethyl adjacent to an activating group) is 1. The molecule has 0 aromatic heterocycles. The summed E-state index contributed by atoms with van der Waals surface area (Å²) in [5.74, 6) is 0. The minimum atomic E-state index is -0.385. The molecule has 0 amide bonds. The Morgan fingerprint density at radius 1 is 1.33 bits per heavy atom.